The van der Waals surface area contributed by atoms with Crippen LogP contribution in [0, 0.1) is 0 Å². The van der Waals surface area contributed by atoms with Crippen molar-refractivity contribution in [2.24, 2.45) is 0 Å². The molecule has 7 rings (SSSR count). The molecule has 5 aromatic carbocycles. The quantitative estimate of drug-likeness (QED) is 0.176. The third kappa shape index (κ3) is 6.00. The summed E-state index contributed by atoms with van der Waals surface area (Å²) in [4.78, 5) is 99.8. The first kappa shape index (κ1) is 34.3. The van der Waals surface area contributed by atoms with Gasteiger partial charge in [-0.15, -0.1) is 0 Å². The standard InChI is InChI=1S/C38H20N2O14/c41-31-27-7-5-25(15-29(27)33(43)39(31)21-11-17(35(45)46)9-18(12-21)36(47)48)53-23-1-2-24(4-3-23)54-26-6-8-28-30(16-26)34(44)40(32(28)42)22-13-19(37(49)50)10-20(14-22)38(51)52/h1-16H,(H,45,46)(H,47,48)(H,49,50)(H,51,52)/p-4. The van der Waals surface area contributed by atoms with Crippen molar-refractivity contribution in [3.8, 4) is 23.0 Å². The van der Waals surface area contributed by atoms with Crippen LogP contribution >= 0.6 is 0 Å². The maximum atomic E-state index is 13.3. The summed E-state index contributed by atoms with van der Waals surface area (Å²) in [5, 5.41) is 45.7. The molecule has 2 aliphatic rings. The number of aromatic carboxylic acids is 4. The second-order valence-corrected chi connectivity index (χ2v) is 11.7. The Bertz CT molecular complexity index is 2320. The number of imide groups is 2. The minimum absolute atomic E-state index is 0.0454. The topological polar surface area (TPSA) is 254 Å². The smallest absolute Gasteiger partial charge is 0.266 e. The van der Waals surface area contributed by atoms with E-state index in [4.69, 9.17) is 9.47 Å². The van der Waals surface area contributed by atoms with Gasteiger partial charge in [-0.05, 0) is 119 Å². The molecular formula is C38H16N2O14-4. The van der Waals surface area contributed by atoms with Crippen LogP contribution in [0.1, 0.15) is 82.9 Å². The van der Waals surface area contributed by atoms with Crippen molar-refractivity contribution in [1.29, 1.82) is 0 Å². The van der Waals surface area contributed by atoms with Crippen molar-refractivity contribution in [3.63, 3.8) is 0 Å². The molecule has 266 valence electrons. The first-order valence-electron chi connectivity index (χ1n) is 15.4. The van der Waals surface area contributed by atoms with Gasteiger partial charge < -0.3 is 49.1 Å². The third-order valence-corrected chi connectivity index (χ3v) is 8.31. The Kier molecular flexibility index (Phi) is 8.18. The van der Waals surface area contributed by atoms with E-state index in [0.29, 0.717) is 9.80 Å². The number of nitrogens with zero attached hydrogens (tertiary/aromatic N) is 2. The number of hydrogen-bond donors (Lipinski definition) is 0. The highest BCUT2D eigenvalue weighted by molar-refractivity contribution is 6.35. The van der Waals surface area contributed by atoms with E-state index in [2.05, 4.69) is 0 Å². The second-order valence-electron chi connectivity index (χ2n) is 11.7. The number of rotatable bonds is 10. The Labute approximate surface area is 301 Å². The van der Waals surface area contributed by atoms with Gasteiger partial charge in [0.05, 0.1) is 57.5 Å². The average Bonchev–Trinajstić information content (AvgIpc) is 3.54. The highest BCUT2D eigenvalue weighted by Crippen LogP contribution is 2.36. The van der Waals surface area contributed by atoms with Crippen LogP contribution in [-0.2, 0) is 0 Å². The second kappa shape index (κ2) is 12.9. The summed E-state index contributed by atoms with van der Waals surface area (Å²) >= 11 is 0. The zero-order chi connectivity index (χ0) is 38.6. The highest BCUT2D eigenvalue weighted by atomic mass is 16.5. The van der Waals surface area contributed by atoms with Crippen molar-refractivity contribution in [2.45, 2.75) is 0 Å². The summed E-state index contributed by atoms with van der Waals surface area (Å²) in [6.45, 7) is 0. The molecule has 2 aliphatic heterocycles. The van der Waals surface area contributed by atoms with Gasteiger partial charge in [0, 0.05) is 0 Å². The summed E-state index contributed by atoms with van der Waals surface area (Å²) in [6, 6.07) is 19.3. The van der Waals surface area contributed by atoms with Gasteiger partial charge in [0.25, 0.3) is 23.6 Å². The predicted octanol–water partition coefficient (Wildman–Crippen LogP) is 0.326. The number of carboxylic acids is 4. The zero-order valence-electron chi connectivity index (χ0n) is 26.8. The van der Waals surface area contributed by atoms with Crippen LogP contribution < -0.4 is 39.7 Å². The van der Waals surface area contributed by atoms with Gasteiger partial charge in [-0.2, -0.15) is 0 Å². The maximum Gasteiger partial charge on any atom is 0.266 e. The van der Waals surface area contributed by atoms with Gasteiger partial charge in [0.2, 0.25) is 0 Å². The lowest BCUT2D eigenvalue weighted by Gasteiger charge is -2.17. The van der Waals surface area contributed by atoms with Crippen molar-refractivity contribution in [3.05, 3.63) is 142 Å². The monoisotopic (exact) mass is 724 g/mol. The molecule has 16 nitrogen and oxygen atoms in total. The van der Waals surface area contributed by atoms with Crippen LogP contribution in [-0.4, -0.2) is 47.5 Å². The van der Waals surface area contributed by atoms with Crippen molar-refractivity contribution in [1.82, 2.24) is 0 Å². The minimum Gasteiger partial charge on any atom is -0.545 e. The maximum absolute atomic E-state index is 13.3. The van der Waals surface area contributed by atoms with Crippen molar-refractivity contribution in [2.75, 3.05) is 9.80 Å². The SMILES string of the molecule is O=C([O-])c1cc(C(=O)[O-])cc(N2C(=O)c3ccc(Oc4ccc(Oc5ccc6c(c5)C(=O)N(c5cc(C(=O)[O-])cc(C(=O)[O-])c5)C6=O)cc4)cc3C2=O)c1. The van der Waals surface area contributed by atoms with Crippen LogP contribution in [0.15, 0.2) is 97.1 Å². The van der Waals surface area contributed by atoms with E-state index in [0.717, 1.165) is 36.4 Å². The molecule has 0 spiro atoms. The fourth-order valence-electron chi connectivity index (χ4n) is 5.84. The number of ether oxygens (including phenoxy) is 2. The Morgan fingerprint density at radius 3 is 0.944 bits per heavy atom. The molecule has 0 bridgehead atoms. The van der Waals surface area contributed by atoms with Gasteiger partial charge in [0.1, 0.15) is 23.0 Å². The summed E-state index contributed by atoms with van der Waals surface area (Å²) < 4.78 is 11.7. The molecule has 0 saturated carbocycles. The summed E-state index contributed by atoms with van der Waals surface area (Å²) in [7, 11) is 0. The van der Waals surface area contributed by atoms with E-state index in [-0.39, 0.29) is 56.6 Å². The largest absolute Gasteiger partial charge is 0.545 e. The highest BCUT2D eigenvalue weighted by Gasteiger charge is 2.39. The summed E-state index contributed by atoms with van der Waals surface area (Å²) in [6.07, 6.45) is 0. The molecule has 0 saturated heterocycles. The Hall–Kier alpha value is -8.14. The number of fused-ring (bicyclic) bond motifs is 2. The number of carboxylic acid groups (broad SMARTS) is 4. The van der Waals surface area contributed by atoms with E-state index < -0.39 is 69.8 Å². The number of benzene rings is 5. The molecule has 54 heavy (non-hydrogen) atoms. The third-order valence-electron chi connectivity index (χ3n) is 8.31. The average molecular weight is 725 g/mol. The van der Waals surface area contributed by atoms with E-state index in [1.54, 1.807) is 0 Å². The predicted molar refractivity (Wildman–Crippen MR) is 172 cm³/mol. The summed E-state index contributed by atoms with van der Waals surface area (Å²) in [5.74, 6) is -9.53. The Morgan fingerprint density at radius 2 is 0.648 bits per heavy atom. The molecular weight excluding hydrogens is 708 g/mol. The van der Waals surface area contributed by atoms with Crippen molar-refractivity contribution < 1.29 is 68.3 Å². The van der Waals surface area contributed by atoms with Crippen LogP contribution in [0.4, 0.5) is 11.4 Å². The lowest BCUT2D eigenvalue weighted by molar-refractivity contribution is -0.257. The van der Waals surface area contributed by atoms with Gasteiger partial charge in [0.15, 0.2) is 0 Å². The first-order chi connectivity index (χ1) is 25.7. The van der Waals surface area contributed by atoms with Crippen LogP contribution in [0.2, 0.25) is 0 Å². The Morgan fingerprint density at radius 1 is 0.370 bits per heavy atom. The van der Waals surface area contributed by atoms with Crippen LogP contribution in [0.3, 0.4) is 0 Å². The fourth-order valence-corrected chi connectivity index (χ4v) is 5.84. The van der Waals surface area contributed by atoms with E-state index in [1.165, 1.54) is 60.7 Å². The molecule has 5 aromatic rings. The fraction of sp³-hybridized carbons (Fsp3) is 0. The van der Waals surface area contributed by atoms with Crippen LogP contribution in [0.5, 0.6) is 23.0 Å². The molecule has 0 radical (unpaired) electrons. The van der Waals surface area contributed by atoms with Crippen molar-refractivity contribution >= 4 is 58.9 Å². The van der Waals surface area contributed by atoms with Gasteiger partial charge in [-0.1, -0.05) is 0 Å². The number of carbonyl (C=O) groups excluding carboxylic acids is 8. The van der Waals surface area contributed by atoms with Gasteiger partial charge in [-0.25, -0.2) is 9.80 Å². The number of amides is 4. The molecule has 0 unspecified atom stereocenters. The molecule has 0 N–H and O–H groups in total. The lowest BCUT2D eigenvalue weighted by Crippen LogP contribution is -2.31. The molecule has 0 fully saturated rings. The molecule has 0 aliphatic carbocycles. The zero-order valence-corrected chi connectivity index (χ0v) is 26.8. The van der Waals surface area contributed by atoms with E-state index >= 15 is 0 Å². The van der Waals surface area contributed by atoms with Gasteiger partial charge in [-0.3, -0.25) is 19.2 Å². The molecule has 4 amide bonds. The molecule has 0 atom stereocenters. The van der Waals surface area contributed by atoms with E-state index in [1.807, 2.05) is 0 Å². The molecule has 16 heteroatoms. The minimum atomic E-state index is -1.73. The normalized spacial score (nSPS) is 13.1. The number of anilines is 2. The lowest BCUT2D eigenvalue weighted by atomic mass is 10.1. The van der Waals surface area contributed by atoms with Gasteiger partial charge >= 0.3 is 0 Å². The molecule has 0 aromatic heterocycles. The summed E-state index contributed by atoms with van der Waals surface area (Å²) in [5.41, 5.74) is -3.24. The van der Waals surface area contributed by atoms with Crippen LogP contribution in [0.25, 0.3) is 0 Å². The first-order valence-corrected chi connectivity index (χ1v) is 15.4. The molecule has 2 heterocycles. The Balaban J connectivity index is 1.06. The van der Waals surface area contributed by atoms with E-state index in [9.17, 15) is 58.8 Å². The number of hydrogen-bond acceptors (Lipinski definition) is 14. The number of carbonyl (C=O) groups is 8.